The highest BCUT2D eigenvalue weighted by molar-refractivity contribution is 9.09. The van der Waals surface area contributed by atoms with Crippen LogP contribution in [0.1, 0.15) is 25.3 Å². The van der Waals surface area contributed by atoms with E-state index in [1.807, 2.05) is 6.92 Å². The zero-order valence-corrected chi connectivity index (χ0v) is 11.5. The molecule has 0 heterocycles. The maximum atomic E-state index is 13.3. The minimum absolute atomic E-state index is 0.103. The third-order valence-electron chi connectivity index (χ3n) is 2.49. The van der Waals surface area contributed by atoms with Crippen LogP contribution in [-0.4, -0.2) is 17.3 Å². The summed E-state index contributed by atoms with van der Waals surface area (Å²) in [5.74, 6) is -0.451. The number of benzene rings is 1. The van der Waals surface area contributed by atoms with E-state index in [1.165, 1.54) is 6.07 Å². The van der Waals surface area contributed by atoms with Crippen molar-refractivity contribution >= 4 is 21.8 Å². The van der Waals surface area contributed by atoms with E-state index in [0.29, 0.717) is 5.56 Å². The molecule has 1 rings (SSSR count). The highest BCUT2D eigenvalue weighted by Gasteiger charge is 2.10. The highest BCUT2D eigenvalue weighted by Crippen LogP contribution is 2.07. The largest absolute Gasteiger partial charge is 0.353 e. The first-order valence-electron chi connectivity index (χ1n) is 5.72. The van der Waals surface area contributed by atoms with Crippen LogP contribution in [0, 0.1) is 5.82 Å². The fourth-order valence-electron chi connectivity index (χ4n) is 1.60. The predicted octanol–water partition coefficient (Wildman–Crippen LogP) is 3.05. The summed E-state index contributed by atoms with van der Waals surface area (Å²) >= 11 is 3.35. The summed E-state index contributed by atoms with van der Waals surface area (Å²) in [5.41, 5.74) is 0.442. The number of halogens is 2. The number of hydrogen-bond acceptors (Lipinski definition) is 1. The molecule has 1 aromatic carbocycles. The number of hydrogen-bond donors (Lipinski definition) is 1. The number of nitrogens with one attached hydrogen (secondary N) is 1. The Labute approximate surface area is 110 Å². The van der Waals surface area contributed by atoms with Crippen molar-refractivity contribution in [2.24, 2.45) is 0 Å². The molecule has 0 aliphatic rings. The van der Waals surface area contributed by atoms with Gasteiger partial charge in [-0.3, -0.25) is 4.79 Å². The molecular formula is C13H17BrFNO. The van der Waals surface area contributed by atoms with Crippen LogP contribution in [0.2, 0.25) is 0 Å². The quantitative estimate of drug-likeness (QED) is 0.804. The molecule has 0 radical (unpaired) electrons. The number of amides is 1. The predicted molar refractivity (Wildman–Crippen MR) is 70.7 cm³/mol. The van der Waals surface area contributed by atoms with Crippen LogP contribution in [-0.2, 0) is 11.2 Å². The second kappa shape index (κ2) is 7.43. The first kappa shape index (κ1) is 14.2. The van der Waals surface area contributed by atoms with Crippen molar-refractivity contribution in [3.63, 3.8) is 0 Å². The van der Waals surface area contributed by atoms with Gasteiger partial charge in [-0.05, 0) is 31.4 Å². The van der Waals surface area contributed by atoms with E-state index in [2.05, 4.69) is 21.2 Å². The van der Waals surface area contributed by atoms with Crippen molar-refractivity contribution in [3.8, 4) is 0 Å². The van der Waals surface area contributed by atoms with Gasteiger partial charge in [0.1, 0.15) is 5.82 Å². The standard InChI is InChI=1S/C13H17BrFNO/c1-10(5-4-8-14)16-13(17)9-11-6-2-3-7-12(11)15/h2-3,6-7,10H,4-5,8-9H2,1H3,(H,16,17). The van der Waals surface area contributed by atoms with E-state index in [4.69, 9.17) is 0 Å². The van der Waals surface area contributed by atoms with Crippen molar-refractivity contribution < 1.29 is 9.18 Å². The molecule has 0 saturated carbocycles. The van der Waals surface area contributed by atoms with Gasteiger partial charge in [0.15, 0.2) is 0 Å². The second-order valence-electron chi connectivity index (χ2n) is 4.07. The third kappa shape index (κ3) is 5.31. The van der Waals surface area contributed by atoms with E-state index in [0.717, 1.165) is 18.2 Å². The molecule has 0 aromatic heterocycles. The summed E-state index contributed by atoms with van der Waals surface area (Å²) in [6.45, 7) is 1.96. The number of carbonyl (C=O) groups is 1. The molecule has 0 bridgehead atoms. The van der Waals surface area contributed by atoms with Gasteiger partial charge in [-0.2, -0.15) is 0 Å². The van der Waals surface area contributed by atoms with Gasteiger partial charge in [0.05, 0.1) is 6.42 Å². The van der Waals surface area contributed by atoms with Gasteiger partial charge in [-0.15, -0.1) is 0 Å². The lowest BCUT2D eigenvalue weighted by molar-refractivity contribution is -0.121. The van der Waals surface area contributed by atoms with Crippen LogP contribution in [0.3, 0.4) is 0 Å². The summed E-state index contributed by atoms with van der Waals surface area (Å²) in [6, 6.07) is 6.50. The molecule has 1 aromatic rings. The second-order valence-corrected chi connectivity index (χ2v) is 4.86. The van der Waals surface area contributed by atoms with Crippen molar-refractivity contribution in [2.45, 2.75) is 32.2 Å². The molecule has 0 aliphatic heterocycles. The topological polar surface area (TPSA) is 29.1 Å². The minimum Gasteiger partial charge on any atom is -0.353 e. The number of rotatable bonds is 6. The molecule has 2 nitrogen and oxygen atoms in total. The van der Waals surface area contributed by atoms with Crippen molar-refractivity contribution in [3.05, 3.63) is 35.6 Å². The van der Waals surface area contributed by atoms with E-state index in [1.54, 1.807) is 18.2 Å². The summed E-state index contributed by atoms with van der Waals surface area (Å²) in [7, 11) is 0. The van der Waals surface area contributed by atoms with E-state index >= 15 is 0 Å². The molecule has 1 amide bonds. The lowest BCUT2D eigenvalue weighted by Gasteiger charge is -2.13. The Balaban J connectivity index is 2.42. The van der Waals surface area contributed by atoms with Crippen molar-refractivity contribution in [2.75, 3.05) is 5.33 Å². The van der Waals surface area contributed by atoms with Crippen LogP contribution < -0.4 is 5.32 Å². The Morgan fingerprint density at radius 3 is 2.82 bits per heavy atom. The zero-order chi connectivity index (χ0) is 12.7. The molecule has 1 unspecified atom stereocenters. The van der Waals surface area contributed by atoms with Gasteiger partial charge in [0.25, 0.3) is 0 Å². The molecule has 1 atom stereocenters. The normalized spacial score (nSPS) is 12.2. The monoisotopic (exact) mass is 301 g/mol. The van der Waals surface area contributed by atoms with E-state index in [-0.39, 0.29) is 24.2 Å². The summed E-state index contributed by atoms with van der Waals surface area (Å²) in [6.07, 6.45) is 2.04. The fourth-order valence-corrected chi connectivity index (χ4v) is 1.92. The Morgan fingerprint density at radius 2 is 2.18 bits per heavy atom. The molecule has 0 spiro atoms. The van der Waals surface area contributed by atoms with Gasteiger partial charge in [0.2, 0.25) is 5.91 Å². The highest BCUT2D eigenvalue weighted by atomic mass is 79.9. The van der Waals surface area contributed by atoms with Gasteiger partial charge < -0.3 is 5.32 Å². The Hall–Kier alpha value is -0.900. The lowest BCUT2D eigenvalue weighted by Crippen LogP contribution is -2.33. The number of carbonyl (C=O) groups excluding carboxylic acids is 1. The number of alkyl halides is 1. The zero-order valence-electron chi connectivity index (χ0n) is 9.88. The van der Waals surface area contributed by atoms with Crippen LogP contribution in [0.15, 0.2) is 24.3 Å². The Morgan fingerprint density at radius 1 is 1.47 bits per heavy atom. The van der Waals surface area contributed by atoms with Crippen molar-refractivity contribution in [1.82, 2.24) is 5.32 Å². The summed E-state index contributed by atoms with van der Waals surface area (Å²) in [5, 5.41) is 3.80. The molecule has 4 heteroatoms. The Kier molecular flexibility index (Phi) is 6.19. The van der Waals surface area contributed by atoms with Crippen LogP contribution >= 0.6 is 15.9 Å². The average Bonchev–Trinajstić information content (AvgIpc) is 2.29. The van der Waals surface area contributed by atoms with Crippen molar-refractivity contribution in [1.29, 1.82) is 0 Å². The van der Waals surface area contributed by atoms with E-state index in [9.17, 15) is 9.18 Å². The van der Waals surface area contributed by atoms with Crippen LogP contribution in [0.25, 0.3) is 0 Å². The van der Waals surface area contributed by atoms with Gasteiger partial charge in [0, 0.05) is 11.4 Å². The third-order valence-corrected chi connectivity index (χ3v) is 3.05. The Bertz CT molecular complexity index is 370. The minimum atomic E-state index is -0.323. The molecular weight excluding hydrogens is 285 g/mol. The lowest BCUT2D eigenvalue weighted by atomic mass is 10.1. The van der Waals surface area contributed by atoms with E-state index < -0.39 is 0 Å². The SMILES string of the molecule is CC(CCCBr)NC(=O)Cc1ccccc1F. The summed E-state index contributed by atoms with van der Waals surface area (Å²) in [4.78, 5) is 11.6. The molecule has 0 fully saturated rings. The molecule has 0 aliphatic carbocycles. The average molecular weight is 302 g/mol. The fraction of sp³-hybridized carbons (Fsp3) is 0.462. The van der Waals surface area contributed by atoms with Crippen LogP contribution in [0.5, 0.6) is 0 Å². The van der Waals surface area contributed by atoms with Crippen LogP contribution in [0.4, 0.5) is 4.39 Å². The first-order valence-corrected chi connectivity index (χ1v) is 6.84. The van der Waals surface area contributed by atoms with Gasteiger partial charge in [-0.1, -0.05) is 34.1 Å². The maximum Gasteiger partial charge on any atom is 0.224 e. The first-order chi connectivity index (χ1) is 8.13. The molecule has 0 saturated heterocycles. The molecule has 94 valence electrons. The maximum absolute atomic E-state index is 13.3. The molecule has 17 heavy (non-hydrogen) atoms. The van der Waals surface area contributed by atoms with Gasteiger partial charge >= 0.3 is 0 Å². The summed E-state index contributed by atoms with van der Waals surface area (Å²) < 4.78 is 13.3. The van der Waals surface area contributed by atoms with Gasteiger partial charge in [-0.25, -0.2) is 4.39 Å². The molecule has 1 N–H and O–H groups in total. The smallest absolute Gasteiger partial charge is 0.224 e.